The summed E-state index contributed by atoms with van der Waals surface area (Å²) >= 11 is 0. The molecule has 12 aromatic carbocycles. The Hall–Kier alpha value is -9.64. The highest BCUT2D eigenvalue weighted by molar-refractivity contribution is 6.31. The minimum absolute atomic E-state index is 0.756. The van der Waals surface area contributed by atoms with Gasteiger partial charge < -0.3 is 18.6 Å². The van der Waals surface area contributed by atoms with Crippen LogP contribution >= 0.6 is 0 Å². The monoisotopic (exact) mass is 930 g/mol. The number of anilines is 6. The molecule has 2 aliphatic carbocycles. The van der Waals surface area contributed by atoms with Gasteiger partial charge in [-0.1, -0.05) is 170 Å². The number of benzene rings is 12. The van der Waals surface area contributed by atoms with Crippen LogP contribution in [0.25, 0.3) is 87.7 Å². The molecule has 0 unspecified atom stereocenters. The highest BCUT2D eigenvalue weighted by Gasteiger charge is 2.54. The second kappa shape index (κ2) is 15.2. The number of fused-ring (bicyclic) bond motifs is 23. The van der Waals surface area contributed by atoms with E-state index in [2.05, 4.69) is 265 Å². The number of rotatable bonds is 6. The predicted molar refractivity (Wildman–Crippen MR) is 302 cm³/mol. The van der Waals surface area contributed by atoms with E-state index < -0.39 is 5.41 Å². The van der Waals surface area contributed by atoms with Gasteiger partial charge in [0.15, 0.2) is 0 Å². The molecule has 0 saturated heterocycles. The Morgan fingerprint density at radius 1 is 0.288 bits per heavy atom. The van der Waals surface area contributed by atoms with Crippen molar-refractivity contribution in [1.29, 1.82) is 0 Å². The van der Waals surface area contributed by atoms with Crippen molar-refractivity contribution in [3.63, 3.8) is 0 Å². The van der Waals surface area contributed by atoms with E-state index in [1.807, 2.05) is 0 Å². The van der Waals surface area contributed by atoms with E-state index in [-0.39, 0.29) is 0 Å². The molecule has 0 bridgehead atoms. The number of furan rings is 2. The van der Waals surface area contributed by atoms with Gasteiger partial charge in [-0.2, -0.15) is 0 Å². The smallest absolute Gasteiger partial charge is 0.145 e. The van der Waals surface area contributed by atoms with Crippen LogP contribution < -0.4 is 9.80 Å². The Morgan fingerprint density at radius 3 is 1.36 bits per heavy atom. The fraction of sp³-hybridized carbons (Fsp3) is 0.0145. The van der Waals surface area contributed by atoms with Crippen molar-refractivity contribution < 1.29 is 8.83 Å². The molecule has 16 rings (SSSR count). The molecular formula is C69H42N2O2. The second-order valence-electron chi connectivity index (χ2n) is 19.4. The molecule has 0 fully saturated rings. The Labute approximate surface area is 420 Å². The molecule has 2 aromatic heterocycles. The van der Waals surface area contributed by atoms with Crippen molar-refractivity contribution >= 4 is 99.5 Å². The lowest BCUT2D eigenvalue weighted by Gasteiger charge is -2.33. The van der Waals surface area contributed by atoms with Gasteiger partial charge >= 0.3 is 0 Å². The first-order valence-electron chi connectivity index (χ1n) is 25.1. The van der Waals surface area contributed by atoms with Crippen LogP contribution in [0, 0.1) is 0 Å². The maximum atomic E-state index is 7.30. The van der Waals surface area contributed by atoms with Crippen LogP contribution in [0.1, 0.15) is 22.3 Å². The van der Waals surface area contributed by atoms with Gasteiger partial charge in [-0.15, -0.1) is 0 Å². The molecule has 0 radical (unpaired) electrons. The predicted octanol–water partition coefficient (Wildman–Crippen LogP) is 19.1. The van der Waals surface area contributed by atoms with Gasteiger partial charge in [0.2, 0.25) is 0 Å². The maximum Gasteiger partial charge on any atom is 0.145 e. The zero-order valence-electron chi connectivity index (χ0n) is 39.5. The van der Waals surface area contributed by atoms with Crippen molar-refractivity contribution in [1.82, 2.24) is 0 Å². The van der Waals surface area contributed by atoms with Crippen LogP contribution in [0.3, 0.4) is 0 Å². The third kappa shape index (κ3) is 5.44. The number of hydrogen-bond donors (Lipinski definition) is 0. The normalized spacial score (nSPS) is 13.0. The summed E-state index contributed by atoms with van der Waals surface area (Å²) in [6.45, 7) is 0. The van der Waals surface area contributed by atoms with E-state index in [1.165, 1.54) is 44.5 Å². The molecule has 2 aliphatic rings. The summed E-state index contributed by atoms with van der Waals surface area (Å²) in [5.41, 5.74) is 19.0. The van der Waals surface area contributed by atoms with Crippen molar-refractivity contribution in [2.75, 3.05) is 9.80 Å². The van der Waals surface area contributed by atoms with Crippen LogP contribution in [0.15, 0.2) is 264 Å². The van der Waals surface area contributed by atoms with E-state index in [1.54, 1.807) is 0 Å². The molecule has 0 aliphatic heterocycles. The van der Waals surface area contributed by atoms with Crippen LogP contribution in [0.4, 0.5) is 34.1 Å². The third-order valence-electron chi connectivity index (χ3n) is 15.8. The van der Waals surface area contributed by atoms with Crippen LogP contribution in [0.2, 0.25) is 0 Å². The van der Waals surface area contributed by atoms with Gasteiger partial charge in [-0.05, 0) is 140 Å². The molecule has 73 heavy (non-hydrogen) atoms. The summed E-state index contributed by atoms with van der Waals surface area (Å²) in [5, 5.41) is 8.77. The fourth-order valence-electron chi connectivity index (χ4n) is 13.0. The Bertz CT molecular complexity index is 4430. The standard InChI is InChI=1S/C69H42N2O2/c1-5-21-43(22-6-1)70(44-23-7-2-8-24-44)47-37-38-51-55(41-47)68-64(53-32-16-20-36-61(53)73-68)65-62-54-40-39-52-50-31-15-19-35-60(50)72-67(52)63(54)59(71(45-25-9-3-10-26-45)46-27-11-4-12-28-46)42-58(62)69(66(51)65)56-33-17-13-29-48(56)49-30-14-18-34-57(49)69/h1-42H. The molecule has 14 aromatic rings. The van der Waals surface area contributed by atoms with Crippen molar-refractivity contribution in [3.05, 3.63) is 277 Å². The summed E-state index contributed by atoms with van der Waals surface area (Å²) < 4.78 is 14.5. The minimum atomic E-state index is -0.756. The number of nitrogens with zero attached hydrogens (tertiary/aromatic N) is 2. The first-order chi connectivity index (χ1) is 36.3. The SMILES string of the molecule is c1ccc(N(c2ccccc2)c2ccc3c4c(c5c6ccccc6oc5c3c2)-c2c(cc(N(c3ccccc3)c3ccccc3)c3c2ccc2c5ccccc5oc23)C42c3ccccc3-c3ccccc32)cc1. The van der Waals surface area contributed by atoms with E-state index in [0.717, 1.165) is 99.5 Å². The molecule has 4 heteroatoms. The minimum Gasteiger partial charge on any atom is -0.455 e. The molecule has 0 amide bonds. The van der Waals surface area contributed by atoms with Crippen molar-refractivity contribution in [3.8, 4) is 22.3 Å². The van der Waals surface area contributed by atoms with Crippen LogP contribution in [-0.2, 0) is 5.41 Å². The lowest BCUT2D eigenvalue weighted by atomic mass is 9.69. The maximum absolute atomic E-state index is 7.30. The molecule has 0 saturated carbocycles. The van der Waals surface area contributed by atoms with Gasteiger partial charge in [0.1, 0.15) is 22.3 Å². The zero-order valence-corrected chi connectivity index (χ0v) is 39.5. The Morgan fingerprint density at radius 2 is 0.753 bits per heavy atom. The van der Waals surface area contributed by atoms with Gasteiger partial charge in [0.25, 0.3) is 0 Å². The third-order valence-corrected chi connectivity index (χ3v) is 15.8. The van der Waals surface area contributed by atoms with Gasteiger partial charge in [-0.3, -0.25) is 0 Å². The zero-order chi connectivity index (χ0) is 47.8. The van der Waals surface area contributed by atoms with E-state index >= 15 is 0 Å². The topological polar surface area (TPSA) is 32.8 Å². The quantitative estimate of drug-likeness (QED) is 0.166. The lowest BCUT2D eigenvalue weighted by Crippen LogP contribution is -2.26. The molecule has 2 heterocycles. The molecule has 1 spiro atoms. The molecular weight excluding hydrogens is 889 g/mol. The largest absolute Gasteiger partial charge is 0.455 e. The Balaban J connectivity index is 1.14. The van der Waals surface area contributed by atoms with Gasteiger partial charge in [-0.25, -0.2) is 0 Å². The van der Waals surface area contributed by atoms with E-state index in [4.69, 9.17) is 8.83 Å². The highest BCUT2D eigenvalue weighted by atomic mass is 16.3. The van der Waals surface area contributed by atoms with Crippen LogP contribution in [-0.4, -0.2) is 0 Å². The Kier molecular flexibility index (Phi) is 8.35. The average molecular weight is 931 g/mol. The van der Waals surface area contributed by atoms with Crippen molar-refractivity contribution in [2.45, 2.75) is 5.41 Å². The lowest BCUT2D eigenvalue weighted by molar-refractivity contribution is 0.672. The molecule has 0 atom stereocenters. The summed E-state index contributed by atoms with van der Waals surface area (Å²) in [4.78, 5) is 4.79. The number of para-hydroxylation sites is 6. The molecule has 340 valence electrons. The molecule has 4 nitrogen and oxygen atoms in total. The summed E-state index contributed by atoms with van der Waals surface area (Å²) in [6, 6.07) is 92.6. The van der Waals surface area contributed by atoms with E-state index in [0.29, 0.717) is 0 Å². The van der Waals surface area contributed by atoms with Gasteiger partial charge in [0.05, 0.1) is 11.1 Å². The van der Waals surface area contributed by atoms with E-state index in [9.17, 15) is 0 Å². The van der Waals surface area contributed by atoms with Gasteiger partial charge in [0, 0.05) is 60.8 Å². The number of hydrogen-bond acceptors (Lipinski definition) is 4. The van der Waals surface area contributed by atoms with Crippen molar-refractivity contribution in [2.24, 2.45) is 0 Å². The first kappa shape index (κ1) is 40.1. The first-order valence-corrected chi connectivity index (χ1v) is 25.1. The van der Waals surface area contributed by atoms with Crippen LogP contribution in [0.5, 0.6) is 0 Å². The fourth-order valence-corrected chi connectivity index (χ4v) is 13.0. The summed E-state index contributed by atoms with van der Waals surface area (Å²) in [5.74, 6) is 0. The summed E-state index contributed by atoms with van der Waals surface area (Å²) in [6.07, 6.45) is 0. The average Bonchev–Trinajstić information content (AvgIpc) is 4.34. The summed E-state index contributed by atoms with van der Waals surface area (Å²) in [7, 11) is 0. The molecule has 0 N–H and O–H groups in total. The highest BCUT2D eigenvalue weighted by Crippen LogP contribution is 2.68. The second-order valence-corrected chi connectivity index (χ2v) is 19.4.